The van der Waals surface area contributed by atoms with Gasteiger partial charge >= 0.3 is 0 Å². The van der Waals surface area contributed by atoms with E-state index in [1.54, 1.807) is 0 Å². The molecule has 0 spiro atoms. The Labute approximate surface area is 65.6 Å². The van der Waals surface area contributed by atoms with E-state index in [4.69, 9.17) is 10.5 Å². The molecule has 0 amide bonds. The van der Waals surface area contributed by atoms with E-state index in [-0.39, 0.29) is 17.4 Å². The van der Waals surface area contributed by atoms with Gasteiger partial charge in [0, 0.05) is 5.92 Å². The van der Waals surface area contributed by atoms with Crippen LogP contribution < -0.4 is 5.73 Å². The molecule has 4 nitrogen and oxygen atoms in total. The van der Waals surface area contributed by atoms with Gasteiger partial charge in [-0.25, -0.2) is 8.42 Å². The maximum atomic E-state index is 11.1. The van der Waals surface area contributed by atoms with E-state index in [9.17, 15) is 8.42 Å². The first kappa shape index (κ1) is 7.52. The fraction of sp³-hybridized carbons (Fsp3) is 1.00. The van der Waals surface area contributed by atoms with Crippen molar-refractivity contribution in [1.82, 2.24) is 0 Å². The van der Waals surface area contributed by atoms with Crippen molar-refractivity contribution < 1.29 is 13.2 Å². The third-order valence-corrected chi connectivity index (χ3v) is 4.33. The first-order valence-corrected chi connectivity index (χ1v) is 5.41. The van der Waals surface area contributed by atoms with Crippen LogP contribution in [-0.2, 0) is 14.6 Å². The molecule has 11 heavy (non-hydrogen) atoms. The lowest BCUT2D eigenvalue weighted by atomic mass is 9.92. The van der Waals surface area contributed by atoms with Crippen molar-refractivity contribution in [3.63, 3.8) is 0 Å². The summed E-state index contributed by atoms with van der Waals surface area (Å²) < 4.78 is 27.3. The van der Waals surface area contributed by atoms with Crippen LogP contribution in [0.25, 0.3) is 0 Å². The van der Waals surface area contributed by atoms with Gasteiger partial charge in [-0.1, -0.05) is 0 Å². The number of rotatable bonds is 0. The summed E-state index contributed by atoms with van der Waals surface area (Å²) in [4.78, 5) is 0. The van der Waals surface area contributed by atoms with E-state index >= 15 is 0 Å². The number of fused-ring (bicyclic) bond motifs is 1. The number of hydrogen-bond acceptors (Lipinski definition) is 4. The van der Waals surface area contributed by atoms with Gasteiger partial charge in [-0.15, -0.1) is 0 Å². The van der Waals surface area contributed by atoms with Gasteiger partial charge in [-0.3, -0.25) is 0 Å². The quantitative estimate of drug-likeness (QED) is 0.502. The summed E-state index contributed by atoms with van der Waals surface area (Å²) >= 11 is 0. The molecule has 5 heteroatoms. The van der Waals surface area contributed by atoms with Crippen molar-refractivity contribution in [1.29, 1.82) is 0 Å². The zero-order valence-electron chi connectivity index (χ0n) is 6.12. The first-order chi connectivity index (χ1) is 5.02. The lowest BCUT2D eigenvalue weighted by Crippen LogP contribution is -2.46. The molecule has 0 aromatic carbocycles. The summed E-state index contributed by atoms with van der Waals surface area (Å²) in [5, 5.41) is 0. The fourth-order valence-electron chi connectivity index (χ4n) is 1.82. The maximum absolute atomic E-state index is 11.1. The van der Waals surface area contributed by atoms with E-state index in [1.807, 2.05) is 0 Å². The van der Waals surface area contributed by atoms with Crippen molar-refractivity contribution in [2.24, 2.45) is 11.7 Å². The molecule has 0 aromatic rings. The molecular formula is C6H11NO3S. The Hall–Kier alpha value is -0.130. The Morgan fingerprint density at radius 3 is 2.91 bits per heavy atom. The van der Waals surface area contributed by atoms with Gasteiger partial charge in [0.05, 0.1) is 30.3 Å². The molecule has 2 aliphatic heterocycles. The Kier molecular flexibility index (Phi) is 1.34. The Morgan fingerprint density at radius 1 is 1.55 bits per heavy atom. The molecule has 2 atom stereocenters. The van der Waals surface area contributed by atoms with Gasteiger partial charge in [-0.05, 0) is 0 Å². The van der Waals surface area contributed by atoms with Crippen molar-refractivity contribution in [3.05, 3.63) is 0 Å². The van der Waals surface area contributed by atoms with Crippen LogP contribution in [0.4, 0.5) is 0 Å². The maximum Gasteiger partial charge on any atom is 0.152 e. The minimum Gasteiger partial charge on any atom is -0.379 e. The molecule has 0 saturated carbocycles. The minimum absolute atomic E-state index is 0.0347. The van der Waals surface area contributed by atoms with Crippen LogP contribution in [0.3, 0.4) is 0 Å². The second kappa shape index (κ2) is 1.97. The average Bonchev–Trinajstić information content (AvgIpc) is 2.16. The molecule has 0 bridgehead atoms. The first-order valence-electron chi connectivity index (χ1n) is 3.59. The van der Waals surface area contributed by atoms with Crippen molar-refractivity contribution in [2.75, 3.05) is 24.7 Å². The number of sulfone groups is 1. The van der Waals surface area contributed by atoms with E-state index < -0.39 is 15.4 Å². The van der Waals surface area contributed by atoms with Crippen LogP contribution in [0.2, 0.25) is 0 Å². The normalized spacial score (nSPS) is 47.5. The molecule has 0 radical (unpaired) electrons. The molecule has 2 rings (SSSR count). The predicted molar refractivity (Wildman–Crippen MR) is 39.9 cm³/mol. The van der Waals surface area contributed by atoms with Gasteiger partial charge in [0.15, 0.2) is 9.84 Å². The third-order valence-electron chi connectivity index (χ3n) is 2.45. The summed E-state index contributed by atoms with van der Waals surface area (Å²) in [6.07, 6.45) is 0. The molecule has 2 saturated heterocycles. The summed E-state index contributed by atoms with van der Waals surface area (Å²) in [6, 6.07) is 0. The fourth-order valence-corrected chi connectivity index (χ4v) is 4.12. The van der Waals surface area contributed by atoms with Crippen molar-refractivity contribution in [3.8, 4) is 0 Å². The minimum atomic E-state index is -2.87. The van der Waals surface area contributed by atoms with Gasteiger partial charge < -0.3 is 10.5 Å². The average molecular weight is 177 g/mol. The smallest absolute Gasteiger partial charge is 0.152 e. The zero-order chi connectivity index (χ0) is 8.11. The van der Waals surface area contributed by atoms with Crippen LogP contribution in [-0.4, -0.2) is 38.7 Å². The van der Waals surface area contributed by atoms with Crippen molar-refractivity contribution >= 4 is 9.84 Å². The SMILES string of the molecule is N[C@]12COC[C@@H]1CS(=O)(=O)C2. The van der Waals surface area contributed by atoms with Crippen LogP contribution in [0.15, 0.2) is 0 Å². The van der Waals surface area contributed by atoms with Crippen LogP contribution in [0, 0.1) is 5.92 Å². The number of ether oxygens (including phenoxy) is 1. The lowest BCUT2D eigenvalue weighted by molar-refractivity contribution is 0.178. The molecule has 2 N–H and O–H groups in total. The molecule has 2 heterocycles. The Balaban J connectivity index is 2.33. The summed E-state index contributed by atoms with van der Waals surface area (Å²) in [5.41, 5.74) is 5.27. The molecule has 64 valence electrons. The standard InChI is InChI=1S/C6H11NO3S/c7-6-3-10-1-5(6)2-11(8,9)4-6/h5H,1-4,7H2/t5-,6+/m1/s1. The monoisotopic (exact) mass is 177 g/mol. The molecule has 0 unspecified atom stereocenters. The molecule has 2 aliphatic rings. The van der Waals surface area contributed by atoms with Gasteiger partial charge in [0.25, 0.3) is 0 Å². The molecule has 2 fully saturated rings. The van der Waals surface area contributed by atoms with Gasteiger partial charge in [-0.2, -0.15) is 0 Å². The largest absolute Gasteiger partial charge is 0.379 e. The summed E-state index contributed by atoms with van der Waals surface area (Å²) in [6.45, 7) is 0.909. The lowest BCUT2D eigenvalue weighted by Gasteiger charge is -2.17. The van der Waals surface area contributed by atoms with Crippen LogP contribution >= 0.6 is 0 Å². The van der Waals surface area contributed by atoms with E-state index in [1.165, 1.54) is 0 Å². The van der Waals surface area contributed by atoms with E-state index in [2.05, 4.69) is 0 Å². The van der Waals surface area contributed by atoms with Crippen LogP contribution in [0.1, 0.15) is 0 Å². The van der Waals surface area contributed by atoms with Gasteiger partial charge in [0.2, 0.25) is 0 Å². The number of hydrogen-bond donors (Lipinski definition) is 1. The van der Waals surface area contributed by atoms with E-state index in [0.717, 1.165) is 0 Å². The molecule has 0 aromatic heterocycles. The second-order valence-electron chi connectivity index (χ2n) is 3.50. The highest BCUT2D eigenvalue weighted by Crippen LogP contribution is 2.32. The Morgan fingerprint density at radius 2 is 2.27 bits per heavy atom. The highest BCUT2D eigenvalue weighted by molar-refractivity contribution is 7.91. The van der Waals surface area contributed by atoms with E-state index in [0.29, 0.717) is 13.2 Å². The molecule has 0 aliphatic carbocycles. The highest BCUT2D eigenvalue weighted by atomic mass is 32.2. The van der Waals surface area contributed by atoms with Crippen molar-refractivity contribution in [2.45, 2.75) is 5.54 Å². The Bertz CT molecular complexity index is 274. The van der Waals surface area contributed by atoms with Gasteiger partial charge in [0.1, 0.15) is 0 Å². The zero-order valence-corrected chi connectivity index (χ0v) is 6.93. The summed E-state index contributed by atoms with van der Waals surface area (Å²) in [5.74, 6) is 0.348. The van der Waals surface area contributed by atoms with Crippen LogP contribution in [0.5, 0.6) is 0 Å². The predicted octanol–water partition coefficient (Wildman–Crippen LogP) is -1.24. The second-order valence-corrected chi connectivity index (χ2v) is 5.61. The number of nitrogens with two attached hydrogens (primary N) is 1. The highest BCUT2D eigenvalue weighted by Gasteiger charge is 2.51. The summed E-state index contributed by atoms with van der Waals surface area (Å²) in [7, 11) is -2.87. The third kappa shape index (κ3) is 1.07. The molecular weight excluding hydrogens is 166 g/mol. The topological polar surface area (TPSA) is 69.4 Å².